The fraction of sp³-hybridized carbons (Fsp3) is 0.190. The Hall–Kier alpha value is -2.99. The Balaban J connectivity index is 1.60. The van der Waals surface area contributed by atoms with Crippen molar-refractivity contribution in [2.45, 2.75) is 25.9 Å². The van der Waals surface area contributed by atoms with E-state index in [4.69, 9.17) is 0 Å². The first-order valence-electron chi connectivity index (χ1n) is 8.77. The van der Waals surface area contributed by atoms with Gasteiger partial charge in [-0.05, 0) is 48.2 Å². The van der Waals surface area contributed by atoms with Crippen LogP contribution in [0.25, 0.3) is 0 Å². The van der Waals surface area contributed by atoms with Crippen LogP contribution in [0.4, 0.5) is 5.69 Å². The summed E-state index contributed by atoms with van der Waals surface area (Å²) in [4.78, 5) is 32.8. The Morgan fingerprint density at radius 2 is 2.11 bits per heavy atom. The number of rotatable bonds is 5. The summed E-state index contributed by atoms with van der Waals surface area (Å²) >= 11 is 1.60. The van der Waals surface area contributed by atoms with Crippen LogP contribution < -0.4 is 10.2 Å². The number of carbonyl (C=O) groups excluding carboxylic acids is 2. The number of benzene rings is 1. The first-order chi connectivity index (χ1) is 13.1. The van der Waals surface area contributed by atoms with Gasteiger partial charge >= 0.3 is 0 Å². The zero-order chi connectivity index (χ0) is 18.8. The SMILES string of the molecule is Cc1cccc(N2C(=O)c3cccnc3[C@H]2CC(=O)NCc2cccs2)c1. The average molecular weight is 377 g/mol. The third-order valence-corrected chi connectivity index (χ3v) is 5.49. The molecule has 0 radical (unpaired) electrons. The third-order valence-electron chi connectivity index (χ3n) is 4.61. The second-order valence-electron chi connectivity index (χ2n) is 6.53. The molecule has 0 spiro atoms. The lowest BCUT2D eigenvalue weighted by Gasteiger charge is -2.25. The van der Waals surface area contributed by atoms with Crippen molar-refractivity contribution >= 4 is 28.8 Å². The minimum Gasteiger partial charge on any atom is -0.351 e. The summed E-state index contributed by atoms with van der Waals surface area (Å²) in [5.74, 6) is -0.211. The zero-order valence-electron chi connectivity index (χ0n) is 14.9. The number of fused-ring (bicyclic) bond motifs is 1. The van der Waals surface area contributed by atoms with Gasteiger partial charge in [-0.1, -0.05) is 18.2 Å². The zero-order valence-corrected chi connectivity index (χ0v) is 15.7. The average Bonchev–Trinajstić information content (AvgIpc) is 3.28. The number of pyridine rings is 1. The summed E-state index contributed by atoms with van der Waals surface area (Å²) in [5, 5.41) is 4.93. The summed E-state index contributed by atoms with van der Waals surface area (Å²) in [6, 6.07) is 14.8. The molecule has 136 valence electrons. The maximum absolute atomic E-state index is 13.0. The van der Waals surface area contributed by atoms with Gasteiger partial charge in [-0.25, -0.2) is 0 Å². The van der Waals surface area contributed by atoms with E-state index in [0.717, 1.165) is 16.1 Å². The van der Waals surface area contributed by atoms with Crippen molar-refractivity contribution in [2.75, 3.05) is 4.90 Å². The molecule has 0 aliphatic carbocycles. The highest BCUT2D eigenvalue weighted by Crippen LogP contribution is 2.38. The Kier molecular flexibility index (Phi) is 4.73. The molecule has 0 saturated carbocycles. The molecule has 0 saturated heterocycles. The smallest absolute Gasteiger partial charge is 0.260 e. The fourth-order valence-corrected chi connectivity index (χ4v) is 4.01. The van der Waals surface area contributed by atoms with E-state index >= 15 is 0 Å². The molecule has 0 fully saturated rings. The molecule has 4 rings (SSSR count). The Morgan fingerprint density at radius 3 is 2.89 bits per heavy atom. The lowest BCUT2D eigenvalue weighted by Crippen LogP contribution is -2.32. The molecule has 2 aromatic heterocycles. The molecule has 1 N–H and O–H groups in total. The molecule has 6 heteroatoms. The first kappa shape index (κ1) is 17.4. The molecule has 5 nitrogen and oxygen atoms in total. The number of aromatic nitrogens is 1. The summed E-state index contributed by atoms with van der Waals surface area (Å²) in [7, 11) is 0. The van der Waals surface area contributed by atoms with Gasteiger partial charge in [0.2, 0.25) is 5.91 Å². The van der Waals surface area contributed by atoms with Crippen molar-refractivity contribution < 1.29 is 9.59 Å². The summed E-state index contributed by atoms with van der Waals surface area (Å²) < 4.78 is 0. The Labute approximate surface area is 161 Å². The maximum Gasteiger partial charge on any atom is 0.260 e. The molecule has 3 heterocycles. The van der Waals surface area contributed by atoms with Crippen LogP contribution in [-0.2, 0) is 11.3 Å². The number of hydrogen-bond donors (Lipinski definition) is 1. The standard InChI is InChI=1S/C21H19N3O2S/c1-14-5-2-6-15(11-14)24-18(20-17(21(24)26)8-3-9-22-20)12-19(25)23-13-16-7-4-10-27-16/h2-11,18H,12-13H2,1H3,(H,23,25)/t18-/m1/s1. The van der Waals surface area contributed by atoms with Crippen LogP contribution in [0.3, 0.4) is 0 Å². The lowest BCUT2D eigenvalue weighted by atomic mass is 10.1. The van der Waals surface area contributed by atoms with E-state index in [-0.39, 0.29) is 18.2 Å². The van der Waals surface area contributed by atoms with Crippen molar-refractivity contribution in [3.8, 4) is 0 Å². The van der Waals surface area contributed by atoms with Crippen LogP contribution in [-0.4, -0.2) is 16.8 Å². The van der Waals surface area contributed by atoms with E-state index in [1.54, 1.807) is 34.6 Å². The van der Waals surface area contributed by atoms with Crippen molar-refractivity contribution in [1.82, 2.24) is 10.3 Å². The Morgan fingerprint density at radius 1 is 1.22 bits per heavy atom. The molecule has 0 unspecified atom stereocenters. The summed E-state index contributed by atoms with van der Waals surface area (Å²) in [6.45, 7) is 2.48. The number of anilines is 1. The monoisotopic (exact) mass is 377 g/mol. The highest BCUT2D eigenvalue weighted by atomic mass is 32.1. The maximum atomic E-state index is 13.0. The van der Waals surface area contributed by atoms with Crippen LogP contribution in [0, 0.1) is 6.92 Å². The second-order valence-corrected chi connectivity index (χ2v) is 7.56. The highest BCUT2D eigenvalue weighted by molar-refractivity contribution is 7.09. The van der Waals surface area contributed by atoms with E-state index in [1.807, 2.05) is 48.7 Å². The quantitative estimate of drug-likeness (QED) is 0.734. The van der Waals surface area contributed by atoms with Gasteiger partial charge < -0.3 is 5.32 Å². The van der Waals surface area contributed by atoms with Crippen LogP contribution >= 0.6 is 11.3 Å². The van der Waals surface area contributed by atoms with E-state index in [1.165, 1.54) is 0 Å². The fourth-order valence-electron chi connectivity index (χ4n) is 3.37. The number of amides is 2. The third kappa shape index (κ3) is 3.48. The lowest BCUT2D eigenvalue weighted by molar-refractivity contribution is -0.121. The van der Waals surface area contributed by atoms with Gasteiger partial charge in [0.1, 0.15) is 0 Å². The molecule has 0 bridgehead atoms. The molecule has 1 aliphatic heterocycles. The summed E-state index contributed by atoms with van der Waals surface area (Å²) in [6.07, 6.45) is 1.84. The molecule has 27 heavy (non-hydrogen) atoms. The number of carbonyl (C=O) groups is 2. The van der Waals surface area contributed by atoms with E-state index in [0.29, 0.717) is 17.8 Å². The first-order valence-corrected chi connectivity index (χ1v) is 9.65. The number of thiophene rings is 1. The highest BCUT2D eigenvalue weighted by Gasteiger charge is 2.39. The van der Waals surface area contributed by atoms with Gasteiger partial charge in [-0.15, -0.1) is 11.3 Å². The summed E-state index contributed by atoms with van der Waals surface area (Å²) in [5.41, 5.74) is 3.07. The largest absolute Gasteiger partial charge is 0.351 e. The molecule has 1 aromatic carbocycles. The van der Waals surface area contributed by atoms with E-state index in [2.05, 4.69) is 10.3 Å². The minimum atomic E-state index is -0.404. The molecule has 2 amide bonds. The van der Waals surface area contributed by atoms with Crippen LogP contribution in [0.15, 0.2) is 60.1 Å². The van der Waals surface area contributed by atoms with Crippen molar-refractivity contribution in [2.24, 2.45) is 0 Å². The van der Waals surface area contributed by atoms with Crippen molar-refractivity contribution in [3.05, 3.63) is 81.8 Å². The van der Waals surface area contributed by atoms with Gasteiger partial charge in [0, 0.05) is 16.8 Å². The molecule has 1 aliphatic rings. The molecule has 1 atom stereocenters. The van der Waals surface area contributed by atoms with Crippen LogP contribution in [0.1, 0.15) is 39.0 Å². The van der Waals surface area contributed by atoms with Crippen LogP contribution in [0.5, 0.6) is 0 Å². The molecular formula is C21H19N3O2S. The second kappa shape index (κ2) is 7.32. The number of aryl methyl sites for hydroxylation is 1. The normalized spacial score (nSPS) is 15.7. The van der Waals surface area contributed by atoms with Crippen LogP contribution in [0.2, 0.25) is 0 Å². The predicted molar refractivity (Wildman–Crippen MR) is 106 cm³/mol. The predicted octanol–water partition coefficient (Wildman–Crippen LogP) is 3.86. The van der Waals surface area contributed by atoms with E-state index < -0.39 is 6.04 Å². The topological polar surface area (TPSA) is 62.3 Å². The van der Waals surface area contributed by atoms with Crippen molar-refractivity contribution in [1.29, 1.82) is 0 Å². The number of nitrogens with one attached hydrogen (secondary N) is 1. The minimum absolute atomic E-state index is 0.0997. The van der Waals surface area contributed by atoms with Gasteiger partial charge in [-0.2, -0.15) is 0 Å². The molecular weight excluding hydrogens is 358 g/mol. The van der Waals surface area contributed by atoms with Gasteiger partial charge in [0.15, 0.2) is 0 Å². The van der Waals surface area contributed by atoms with Gasteiger partial charge in [0.25, 0.3) is 5.91 Å². The van der Waals surface area contributed by atoms with Gasteiger partial charge in [0.05, 0.1) is 30.3 Å². The van der Waals surface area contributed by atoms with Gasteiger partial charge in [-0.3, -0.25) is 19.5 Å². The Bertz CT molecular complexity index is 985. The number of nitrogens with zero attached hydrogens (tertiary/aromatic N) is 2. The van der Waals surface area contributed by atoms with Crippen molar-refractivity contribution in [3.63, 3.8) is 0 Å². The number of hydrogen-bond acceptors (Lipinski definition) is 4. The molecule has 3 aromatic rings. The van der Waals surface area contributed by atoms with E-state index in [9.17, 15) is 9.59 Å².